The van der Waals surface area contributed by atoms with Crippen LogP contribution in [0.1, 0.15) is 28.3 Å². The monoisotopic (exact) mass is 309 g/mol. The van der Waals surface area contributed by atoms with Gasteiger partial charge in [0.25, 0.3) is 5.91 Å². The molecular formula is C14H15NO7. The molecule has 0 unspecified atom stereocenters. The Labute approximate surface area is 124 Å². The fourth-order valence-corrected chi connectivity index (χ4v) is 3.53. The lowest BCUT2D eigenvalue weighted by Crippen LogP contribution is -2.61. The molecule has 1 saturated carbocycles. The summed E-state index contributed by atoms with van der Waals surface area (Å²) in [7, 11) is 0. The van der Waals surface area contributed by atoms with Crippen LogP contribution in [-0.4, -0.2) is 57.5 Å². The van der Waals surface area contributed by atoms with Crippen LogP contribution in [0.3, 0.4) is 0 Å². The van der Waals surface area contributed by atoms with E-state index in [1.165, 1.54) is 0 Å². The third kappa shape index (κ3) is 1.65. The number of phenols is 1. The second-order valence-electron chi connectivity index (χ2n) is 5.81. The molecule has 3 aliphatic rings. The molecule has 8 nitrogen and oxygen atoms in total. The third-order valence-corrected chi connectivity index (χ3v) is 4.63. The summed E-state index contributed by atoms with van der Waals surface area (Å²) in [6.07, 6.45) is -3.59. The molecule has 0 bridgehead atoms. The van der Waals surface area contributed by atoms with Crippen LogP contribution in [0.15, 0.2) is 6.07 Å². The van der Waals surface area contributed by atoms with Gasteiger partial charge in [-0.2, -0.15) is 0 Å². The number of amides is 1. The summed E-state index contributed by atoms with van der Waals surface area (Å²) in [5.41, 5.74) is 0.529. The average molecular weight is 309 g/mol. The summed E-state index contributed by atoms with van der Waals surface area (Å²) in [5.74, 6) is -0.878. The van der Waals surface area contributed by atoms with Crippen LogP contribution in [0.25, 0.3) is 0 Å². The van der Waals surface area contributed by atoms with Crippen LogP contribution in [0.4, 0.5) is 0 Å². The summed E-state index contributed by atoms with van der Waals surface area (Å²) in [4.78, 5) is 12.3. The maximum atomic E-state index is 12.3. The fourth-order valence-electron chi connectivity index (χ4n) is 3.53. The Morgan fingerprint density at radius 3 is 2.73 bits per heavy atom. The first-order valence-corrected chi connectivity index (χ1v) is 6.99. The Bertz CT molecular complexity index is 661. The van der Waals surface area contributed by atoms with Crippen molar-refractivity contribution >= 4 is 5.91 Å². The maximum absolute atomic E-state index is 12.3. The van der Waals surface area contributed by atoms with Crippen molar-refractivity contribution in [1.82, 2.24) is 5.32 Å². The summed E-state index contributed by atoms with van der Waals surface area (Å²) < 4.78 is 10.4. The number of aliphatic hydroxyl groups excluding tert-OH is 3. The molecule has 118 valence electrons. The molecule has 2 heterocycles. The van der Waals surface area contributed by atoms with Gasteiger partial charge in [0.1, 0.15) is 12.2 Å². The predicted molar refractivity (Wildman–Crippen MR) is 70.9 cm³/mol. The van der Waals surface area contributed by atoms with Gasteiger partial charge >= 0.3 is 0 Å². The molecule has 0 spiro atoms. The van der Waals surface area contributed by atoms with Gasteiger partial charge in [-0.1, -0.05) is 0 Å². The van der Waals surface area contributed by atoms with E-state index < -0.39 is 36.2 Å². The Morgan fingerprint density at radius 1 is 1.18 bits per heavy atom. The number of phenolic OH excluding ortho intramolecular Hbond substituents is 1. The minimum atomic E-state index is -1.33. The Balaban J connectivity index is 1.87. The van der Waals surface area contributed by atoms with Crippen LogP contribution in [0.2, 0.25) is 0 Å². The highest BCUT2D eigenvalue weighted by Crippen LogP contribution is 2.49. The molecule has 1 aromatic rings. The quantitative estimate of drug-likeness (QED) is 0.407. The highest BCUT2D eigenvalue weighted by molar-refractivity contribution is 6.01. The number of rotatable bonds is 0. The largest absolute Gasteiger partial charge is 0.504 e. The van der Waals surface area contributed by atoms with E-state index in [0.717, 1.165) is 0 Å². The average Bonchev–Trinajstić information content (AvgIpc) is 2.95. The van der Waals surface area contributed by atoms with Gasteiger partial charge in [-0.25, -0.2) is 0 Å². The lowest BCUT2D eigenvalue weighted by atomic mass is 9.72. The molecule has 8 heteroatoms. The van der Waals surface area contributed by atoms with Crippen molar-refractivity contribution in [1.29, 1.82) is 0 Å². The predicted octanol–water partition coefficient (Wildman–Crippen LogP) is -1.20. The molecule has 1 fully saturated rings. The van der Waals surface area contributed by atoms with E-state index in [9.17, 15) is 25.2 Å². The first-order chi connectivity index (χ1) is 10.5. The van der Waals surface area contributed by atoms with E-state index in [1.807, 2.05) is 0 Å². The molecular weight excluding hydrogens is 294 g/mol. The Kier molecular flexibility index (Phi) is 2.77. The summed E-state index contributed by atoms with van der Waals surface area (Å²) in [6, 6.07) is 0.850. The number of carbonyl (C=O) groups excluding carboxylic acids is 1. The topological polar surface area (TPSA) is 128 Å². The van der Waals surface area contributed by atoms with E-state index in [1.54, 1.807) is 6.07 Å². The smallest absolute Gasteiger partial charge is 0.255 e. The van der Waals surface area contributed by atoms with Crippen molar-refractivity contribution in [2.75, 3.05) is 6.79 Å². The summed E-state index contributed by atoms with van der Waals surface area (Å²) in [6.45, 7) is -0.0501. The van der Waals surface area contributed by atoms with Crippen molar-refractivity contribution in [3.63, 3.8) is 0 Å². The molecule has 0 saturated heterocycles. The number of hydrogen-bond acceptors (Lipinski definition) is 7. The molecule has 1 aliphatic carbocycles. The molecule has 5 atom stereocenters. The molecule has 0 aromatic heterocycles. The normalized spacial score (nSPS) is 35.6. The van der Waals surface area contributed by atoms with Gasteiger partial charge in [-0.15, -0.1) is 0 Å². The number of carbonyl (C=O) groups is 1. The number of fused-ring (bicyclic) bond motifs is 4. The van der Waals surface area contributed by atoms with E-state index >= 15 is 0 Å². The zero-order valence-electron chi connectivity index (χ0n) is 11.4. The molecule has 5 N–H and O–H groups in total. The van der Waals surface area contributed by atoms with Crippen molar-refractivity contribution in [3.05, 3.63) is 17.2 Å². The number of hydrogen-bond donors (Lipinski definition) is 5. The Morgan fingerprint density at radius 2 is 1.95 bits per heavy atom. The number of aromatic hydroxyl groups is 1. The molecule has 4 rings (SSSR count). The maximum Gasteiger partial charge on any atom is 0.255 e. The highest BCUT2D eigenvalue weighted by Gasteiger charge is 2.49. The molecule has 22 heavy (non-hydrogen) atoms. The van der Waals surface area contributed by atoms with Crippen LogP contribution in [-0.2, 0) is 0 Å². The van der Waals surface area contributed by atoms with Crippen LogP contribution in [0, 0.1) is 0 Å². The molecule has 1 amide bonds. The van der Waals surface area contributed by atoms with Crippen molar-refractivity contribution in [2.24, 2.45) is 0 Å². The molecule has 1 aromatic carbocycles. The number of nitrogens with one attached hydrogen (secondary N) is 1. The zero-order valence-corrected chi connectivity index (χ0v) is 11.4. The SMILES string of the molecule is O=C1N[C@H]2[C@@H](O)[C@H](O)[C@@H](O)C[C@H]2c2cc3c(c(O)c21)OCO3. The zero-order chi connectivity index (χ0) is 15.6. The first-order valence-electron chi connectivity index (χ1n) is 6.99. The van der Waals surface area contributed by atoms with Crippen molar-refractivity contribution in [3.8, 4) is 17.2 Å². The fraction of sp³-hybridized carbons (Fsp3) is 0.500. The number of ether oxygens (including phenoxy) is 2. The Hall–Kier alpha value is -2.03. The van der Waals surface area contributed by atoms with Gasteiger partial charge in [0.05, 0.1) is 17.7 Å². The van der Waals surface area contributed by atoms with Gasteiger partial charge in [0, 0.05) is 5.92 Å². The van der Waals surface area contributed by atoms with Crippen molar-refractivity contribution in [2.45, 2.75) is 36.7 Å². The first kappa shape index (κ1) is 13.6. The van der Waals surface area contributed by atoms with Crippen LogP contribution >= 0.6 is 0 Å². The standard InChI is InChI=1S/C14H15NO7/c16-6-1-5-4-2-7-13(22-3-21-7)11(18)8(4)14(20)15-9(5)12(19)10(6)17/h2,5-6,9-10,12,16-19H,1,3H2,(H,15,20)/t5-,6-,9+,10+,12+/m0/s1. The van der Waals surface area contributed by atoms with Crippen molar-refractivity contribution < 1.29 is 34.7 Å². The van der Waals surface area contributed by atoms with Crippen LogP contribution in [0.5, 0.6) is 17.2 Å². The second-order valence-corrected chi connectivity index (χ2v) is 5.81. The van der Waals surface area contributed by atoms with Crippen LogP contribution < -0.4 is 14.8 Å². The molecule has 0 radical (unpaired) electrons. The van der Waals surface area contributed by atoms with Gasteiger partial charge in [-0.3, -0.25) is 4.79 Å². The summed E-state index contributed by atoms with van der Waals surface area (Å²) in [5, 5.41) is 42.6. The van der Waals surface area contributed by atoms with E-state index in [2.05, 4.69) is 5.32 Å². The lowest BCUT2D eigenvalue weighted by molar-refractivity contribution is -0.104. The highest BCUT2D eigenvalue weighted by atomic mass is 16.7. The molecule has 2 aliphatic heterocycles. The number of aliphatic hydroxyl groups is 3. The minimum Gasteiger partial charge on any atom is -0.504 e. The second kappa shape index (κ2) is 4.48. The van der Waals surface area contributed by atoms with Gasteiger partial charge in [0.15, 0.2) is 11.5 Å². The van der Waals surface area contributed by atoms with Gasteiger partial charge < -0.3 is 35.2 Å². The van der Waals surface area contributed by atoms with E-state index in [4.69, 9.17) is 9.47 Å². The minimum absolute atomic E-state index is 0.0501. The third-order valence-electron chi connectivity index (χ3n) is 4.63. The van der Waals surface area contributed by atoms with Gasteiger partial charge in [-0.05, 0) is 18.1 Å². The lowest BCUT2D eigenvalue weighted by Gasteiger charge is -2.44. The number of benzene rings is 1. The summed E-state index contributed by atoms with van der Waals surface area (Å²) >= 11 is 0. The van der Waals surface area contributed by atoms with Gasteiger partial charge in [0.2, 0.25) is 12.5 Å². The van der Waals surface area contributed by atoms with E-state index in [-0.39, 0.29) is 30.3 Å². The van der Waals surface area contributed by atoms with E-state index in [0.29, 0.717) is 11.3 Å².